The molecule has 0 saturated heterocycles. The van der Waals surface area contributed by atoms with Crippen molar-refractivity contribution in [2.45, 2.75) is 6.54 Å². The molecule has 0 bridgehead atoms. The van der Waals surface area contributed by atoms with Crippen LogP contribution in [0.1, 0.15) is 15.2 Å². The molecule has 18 heavy (non-hydrogen) atoms. The molecular weight excluding hydrogens is 253 g/mol. The molecule has 0 aliphatic carbocycles. The molecule has 3 nitrogen and oxygen atoms in total. The summed E-state index contributed by atoms with van der Waals surface area (Å²) in [5.41, 5.74) is 0.107. The van der Waals surface area contributed by atoms with Crippen LogP contribution in [-0.4, -0.2) is 23.0 Å². The van der Waals surface area contributed by atoms with Crippen molar-refractivity contribution in [1.29, 1.82) is 0 Å². The third-order valence-electron chi connectivity index (χ3n) is 2.51. The number of hydrogen-bond donors (Lipinski definition) is 1. The maximum absolute atomic E-state index is 12.8. The maximum atomic E-state index is 12.8. The quantitative estimate of drug-likeness (QED) is 0.927. The van der Waals surface area contributed by atoms with Gasteiger partial charge in [0, 0.05) is 18.0 Å². The highest BCUT2D eigenvalue weighted by Gasteiger charge is 2.16. The fraction of sp³-hybridized carbons (Fsp3) is 0.154. The van der Waals surface area contributed by atoms with Crippen LogP contribution >= 0.6 is 11.3 Å². The summed E-state index contributed by atoms with van der Waals surface area (Å²) in [5, 5.41) is 11.5. The number of aromatic hydroxyl groups is 1. The number of benzene rings is 1. The summed E-state index contributed by atoms with van der Waals surface area (Å²) in [5.74, 6) is -1.23. The van der Waals surface area contributed by atoms with Crippen molar-refractivity contribution in [3.63, 3.8) is 0 Å². The van der Waals surface area contributed by atoms with Crippen LogP contribution < -0.4 is 0 Å². The lowest BCUT2D eigenvalue weighted by Crippen LogP contribution is -2.25. The van der Waals surface area contributed by atoms with Crippen LogP contribution in [0.2, 0.25) is 0 Å². The Labute approximate surface area is 108 Å². The predicted molar refractivity (Wildman–Crippen MR) is 68.2 cm³/mol. The first-order valence-electron chi connectivity index (χ1n) is 5.34. The van der Waals surface area contributed by atoms with E-state index in [1.54, 1.807) is 18.4 Å². The average Bonchev–Trinajstić information content (AvgIpc) is 2.81. The van der Waals surface area contributed by atoms with E-state index in [2.05, 4.69) is 0 Å². The van der Waals surface area contributed by atoms with E-state index in [9.17, 15) is 14.3 Å². The fourth-order valence-corrected chi connectivity index (χ4v) is 2.36. The minimum Gasteiger partial charge on any atom is -0.507 e. The van der Waals surface area contributed by atoms with Gasteiger partial charge in [0.2, 0.25) is 0 Å². The molecule has 1 aromatic heterocycles. The van der Waals surface area contributed by atoms with E-state index >= 15 is 0 Å². The van der Waals surface area contributed by atoms with Crippen LogP contribution in [0.25, 0.3) is 0 Å². The lowest BCUT2D eigenvalue weighted by Gasteiger charge is -2.16. The third kappa shape index (κ3) is 2.68. The number of hydrogen-bond acceptors (Lipinski definition) is 3. The molecule has 1 N–H and O–H groups in total. The Kier molecular flexibility index (Phi) is 3.62. The van der Waals surface area contributed by atoms with E-state index in [1.807, 2.05) is 17.5 Å². The normalized spacial score (nSPS) is 10.3. The van der Waals surface area contributed by atoms with Gasteiger partial charge in [-0.1, -0.05) is 6.07 Å². The first-order valence-corrected chi connectivity index (χ1v) is 6.22. The minimum absolute atomic E-state index is 0.107. The van der Waals surface area contributed by atoms with Gasteiger partial charge in [-0.05, 0) is 23.6 Å². The van der Waals surface area contributed by atoms with Crippen molar-refractivity contribution in [3.05, 3.63) is 52.0 Å². The smallest absolute Gasteiger partial charge is 0.257 e. The lowest BCUT2D eigenvalue weighted by atomic mass is 10.1. The molecular formula is C13H12FNO2S. The van der Waals surface area contributed by atoms with Crippen molar-refractivity contribution < 1.29 is 14.3 Å². The summed E-state index contributed by atoms with van der Waals surface area (Å²) >= 11 is 1.55. The Hall–Kier alpha value is -1.88. The summed E-state index contributed by atoms with van der Waals surface area (Å²) in [7, 11) is 1.64. The molecule has 0 unspecified atom stereocenters. The van der Waals surface area contributed by atoms with Gasteiger partial charge in [0.15, 0.2) is 0 Å². The molecule has 0 atom stereocenters. The molecule has 0 spiro atoms. The molecule has 94 valence electrons. The molecule has 0 radical (unpaired) electrons. The minimum atomic E-state index is -0.565. The number of phenols is 1. The molecule has 2 rings (SSSR count). The number of nitrogens with zero attached hydrogens (tertiary/aromatic N) is 1. The molecule has 1 aromatic carbocycles. The average molecular weight is 265 g/mol. The number of phenolic OH excluding ortho intramolecular Hbond substituents is 1. The fourth-order valence-electron chi connectivity index (χ4n) is 1.60. The Balaban J connectivity index is 2.15. The van der Waals surface area contributed by atoms with Gasteiger partial charge in [-0.15, -0.1) is 11.3 Å². The second-order valence-electron chi connectivity index (χ2n) is 3.90. The Morgan fingerprint density at radius 3 is 2.83 bits per heavy atom. The van der Waals surface area contributed by atoms with Crippen LogP contribution in [0.15, 0.2) is 35.7 Å². The number of thiophene rings is 1. The van der Waals surface area contributed by atoms with Gasteiger partial charge in [-0.25, -0.2) is 4.39 Å². The molecule has 1 heterocycles. The monoisotopic (exact) mass is 265 g/mol. The van der Waals surface area contributed by atoms with Gasteiger partial charge in [-0.3, -0.25) is 4.79 Å². The van der Waals surface area contributed by atoms with Gasteiger partial charge >= 0.3 is 0 Å². The summed E-state index contributed by atoms with van der Waals surface area (Å²) in [6, 6.07) is 7.22. The number of carbonyl (C=O) groups excluding carboxylic acids is 1. The van der Waals surface area contributed by atoms with E-state index < -0.39 is 5.82 Å². The molecule has 2 aromatic rings. The molecule has 5 heteroatoms. The molecule has 1 amide bonds. The highest BCUT2D eigenvalue weighted by Crippen LogP contribution is 2.21. The van der Waals surface area contributed by atoms with Crippen molar-refractivity contribution in [3.8, 4) is 5.75 Å². The maximum Gasteiger partial charge on any atom is 0.257 e. The van der Waals surface area contributed by atoms with Crippen molar-refractivity contribution in [2.24, 2.45) is 0 Å². The Morgan fingerprint density at radius 2 is 2.22 bits per heavy atom. The van der Waals surface area contributed by atoms with E-state index in [-0.39, 0.29) is 17.2 Å². The molecule has 0 saturated carbocycles. The second-order valence-corrected chi connectivity index (χ2v) is 4.93. The van der Waals surface area contributed by atoms with Crippen molar-refractivity contribution in [2.75, 3.05) is 7.05 Å². The first-order chi connectivity index (χ1) is 8.58. The number of amides is 1. The largest absolute Gasteiger partial charge is 0.507 e. The zero-order chi connectivity index (χ0) is 13.1. The van der Waals surface area contributed by atoms with Crippen molar-refractivity contribution >= 4 is 17.2 Å². The third-order valence-corrected chi connectivity index (χ3v) is 3.37. The van der Waals surface area contributed by atoms with E-state index in [0.717, 1.165) is 17.0 Å². The van der Waals surface area contributed by atoms with E-state index in [1.165, 1.54) is 11.0 Å². The predicted octanol–water partition coefficient (Wildman–Crippen LogP) is 2.87. The van der Waals surface area contributed by atoms with Crippen LogP contribution in [0.5, 0.6) is 5.75 Å². The van der Waals surface area contributed by atoms with E-state index in [4.69, 9.17) is 0 Å². The number of halogens is 1. The van der Waals surface area contributed by atoms with Gasteiger partial charge in [0.25, 0.3) is 5.91 Å². The van der Waals surface area contributed by atoms with Crippen LogP contribution in [0, 0.1) is 5.82 Å². The standard InChI is InChI=1S/C13H12FNO2S/c1-15(8-10-3-2-6-18-10)13(17)11-5-4-9(14)7-12(11)16/h2-7,16H,8H2,1H3. The van der Waals surface area contributed by atoms with Gasteiger partial charge in [0.05, 0.1) is 12.1 Å². The molecule has 0 aliphatic rings. The van der Waals surface area contributed by atoms with Gasteiger partial charge < -0.3 is 10.0 Å². The van der Waals surface area contributed by atoms with Gasteiger partial charge in [-0.2, -0.15) is 0 Å². The van der Waals surface area contributed by atoms with Crippen LogP contribution in [0.4, 0.5) is 4.39 Å². The topological polar surface area (TPSA) is 40.5 Å². The number of rotatable bonds is 3. The SMILES string of the molecule is CN(Cc1cccs1)C(=O)c1ccc(F)cc1O. The summed E-state index contributed by atoms with van der Waals surface area (Å²) in [6.07, 6.45) is 0. The number of carbonyl (C=O) groups is 1. The second kappa shape index (κ2) is 5.18. The summed E-state index contributed by atoms with van der Waals surface area (Å²) in [6.45, 7) is 0.466. The molecule has 0 aliphatic heterocycles. The van der Waals surface area contributed by atoms with Crippen LogP contribution in [-0.2, 0) is 6.54 Å². The summed E-state index contributed by atoms with van der Waals surface area (Å²) < 4.78 is 12.8. The zero-order valence-electron chi connectivity index (χ0n) is 9.76. The zero-order valence-corrected chi connectivity index (χ0v) is 10.6. The molecule has 0 fully saturated rings. The van der Waals surface area contributed by atoms with E-state index in [0.29, 0.717) is 6.54 Å². The summed E-state index contributed by atoms with van der Waals surface area (Å²) in [4.78, 5) is 14.6. The first kappa shape index (κ1) is 12.6. The highest BCUT2D eigenvalue weighted by molar-refractivity contribution is 7.09. The Morgan fingerprint density at radius 1 is 1.44 bits per heavy atom. The van der Waals surface area contributed by atoms with Crippen molar-refractivity contribution in [1.82, 2.24) is 4.90 Å². The highest BCUT2D eigenvalue weighted by atomic mass is 32.1. The van der Waals surface area contributed by atoms with Gasteiger partial charge in [0.1, 0.15) is 11.6 Å². The van der Waals surface area contributed by atoms with Crippen LogP contribution in [0.3, 0.4) is 0 Å². The lowest BCUT2D eigenvalue weighted by molar-refractivity contribution is 0.0783. The Bertz CT molecular complexity index is 554.